The summed E-state index contributed by atoms with van der Waals surface area (Å²) in [4.78, 5) is 0. The Kier molecular flexibility index (Phi) is 4.10. The van der Waals surface area contributed by atoms with Crippen molar-refractivity contribution in [2.75, 3.05) is 26.2 Å². The van der Waals surface area contributed by atoms with Gasteiger partial charge in [0.1, 0.15) is 0 Å². The number of piperidine rings is 1. The van der Waals surface area contributed by atoms with Gasteiger partial charge in [-0.05, 0) is 51.1 Å². The molecule has 5 nitrogen and oxygen atoms in total. The molecule has 1 N–H and O–H groups in total. The van der Waals surface area contributed by atoms with E-state index < -0.39 is 10.2 Å². The smallest absolute Gasteiger partial charge is 0.282 e. The minimum absolute atomic E-state index is 0.157. The van der Waals surface area contributed by atoms with Gasteiger partial charge in [-0.25, -0.2) is 0 Å². The normalized spacial score (nSPS) is 40.1. The Balaban J connectivity index is 1.83. The fourth-order valence-corrected chi connectivity index (χ4v) is 6.52. The molecule has 0 aromatic rings. The minimum atomic E-state index is -3.28. The number of nitrogens with one attached hydrogen (secondary N) is 1. The summed E-state index contributed by atoms with van der Waals surface area (Å²) in [5.74, 6) is 1.02. The second-order valence-corrected chi connectivity index (χ2v) is 8.42. The zero-order chi connectivity index (χ0) is 14.3. The van der Waals surface area contributed by atoms with Crippen LogP contribution >= 0.6 is 0 Å². The van der Waals surface area contributed by atoms with Crippen molar-refractivity contribution in [2.45, 2.75) is 51.6 Å². The van der Waals surface area contributed by atoms with Gasteiger partial charge in [-0.2, -0.15) is 17.0 Å². The highest BCUT2D eigenvalue weighted by molar-refractivity contribution is 7.86. The van der Waals surface area contributed by atoms with Crippen LogP contribution in [0.5, 0.6) is 0 Å². The van der Waals surface area contributed by atoms with E-state index in [-0.39, 0.29) is 12.1 Å². The van der Waals surface area contributed by atoms with Crippen LogP contribution in [-0.4, -0.2) is 55.3 Å². The second kappa shape index (κ2) is 5.55. The summed E-state index contributed by atoms with van der Waals surface area (Å²) in [5, 5.41) is 3.41. The first-order valence-electron chi connectivity index (χ1n) is 8.05. The van der Waals surface area contributed by atoms with Gasteiger partial charge in [0.05, 0.1) is 0 Å². The molecule has 3 aliphatic rings. The van der Waals surface area contributed by atoms with E-state index in [0.717, 1.165) is 38.8 Å². The fraction of sp³-hybridized carbons (Fsp3) is 1.00. The molecular formula is C14H27N3O2S. The molecular weight excluding hydrogens is 274 g/mol. The predicted molar refractivity (Wildman–Crippen MR) is 79.6 cm³/mol. The monoisotopic (exact) mass is 301 g/mol. The van der Waals surface area contributed by atoms with Crippen LogP contribution in [0.4, 0.5) is 0 Å². The third kappa shape index (κ3) is 2.30. The van der Waals surface area contributed by atoms with Gasteiger partial charge >= 0.3 is 0 Å². The summed E-state index contributed by atoms with van der Waals surface area (Å²) in [5.41, 5.74) is 0. The standard InChI is InChI=1S/C14H27N3O2S/c1-3-14-13-9-15-8-12(13)10-17(14)20(18,19)16-7-5-4-6-11(16)2/h11-15H,3-10H2,1-2H3. The first-order chi connectivity index (χ1) is 9.55. The van der Waals surface area contributed by atoms with Crippen LogP contribution in [0.1, 0.15) is 39.5 Å². The molecule has 0 saturated carbocycles. The Labute approximate surface area is 122 Å². The van der Waals surface area contributed by atoms with Crippen molar-refractivity contribution in [2.24, 2.45) is 11.8 Å². The minimum Gasteiger partial charge on any atom is -0.316 e. The van der Waals surface area contributed by atoms with Crippen LogP contribution in [-0.2, 0) is 10.2 Å². The Morgan fingerprint density at radius 3 is 2.70 bits per heavy atom. The molecule has 0 radical (unpaired) electrons. The Bertz CT molecular complexity index is 453. The largest absolute Gasteiger partial charge is 0.316 e. The summed E-state index contributed by atoms with van der Waals surface area (Å²) in [6.07, 6.45) is 4.07. The molecule has 4 atom stereocenters. The molecule has 0 amide bonds. The highest BCUT2D eigenvalue weighted by atomic mass is 32.2. The quantitative estimate of drug-likeness (QED) is 0.847. The SMILES string of the molecule is CCC1C2CNCC2CN1S(=O)(=O)N1CCCCC1C. The number of hydrogen-bond acceptors (Lipinski definition) is 3. The summed E-state index contributed by atoms with van der Waals surface area (Å²) < 4.78 is 29.6. The molecule has 116 valence electrons. The second-order valence-electron chi connectivity index (χ2n) is 6.59. The van der Waals surface area contributed by atoms with Crippen molar-refractivity contribution < 1.29 is 8.42 Å². The average molecular weight is 301 g/mol. The van der Waals surface area contributed by atoms with Crippen LogP contribution in [0.15, 0.2) is 0 Å². The van der Waals surface area contributed by atoms with Gasteiger partial charge in [0.15, 0.2) is 0 Å². The number of fused-ring (bicyclic) bond motifs is 1. The van der Waals surface area contributed by atoms with Crippen molar-refractivity contribution >= 4 is 10.2 Å². The number of rotatable bonds is 3. The van der Waals surface area contributed by atoms with Gasteiger partial charge in [0.2, 0.25) is 0 Å². The third-order valence-electron chi connectivity index (χ3n) is 5.42. The number of hydrogen-bond donors (Lipinski definition) is 1. The Hall–Kier alpha value is -0.170. The van der Waals surface area contributed by atoms with Gasteiger partial charge in [-0.1, -0.05) is 13.3 Å². The lowest BCUT2D eigenvalue weighted by molar-refractivity contribution is 0.232. The Morgan fingerprint density at radius 1 is 1.20 bits per heavy atom. The molecule has 4 unspecified atom stereocenters. The van der Waals surface area contributed by atoms with E-state index in [4.69, 9.17) is 0 Å². The van der Waals surface area contributed by atoms with Gasteiger partial charge in [0.25, 0.3) is 10.2 Å². The molecule has 0 spiro atoms. The maximum absolute atomic E-state index is 13.0. The molecule has 3 saturated heterocycles. The molecule has 3 rings (SSSR count). The van der Waals surface area contributed by atoms with E-state index in [1.54, 1.807) is 4.31 Å². The van der Waals surface area contributed by atoms with Crippen LogP contribution in [0.2, 0.25) is 0 Å². The maximum atomic E-state index is 13.0. The van der Waals surface area contributed by atoms with Crippen molar-refractivity contribution in [1.29, 1.82) is 0 Å². The summed E-state index contributed by atoms with van der Waals surface area (Å²) >= 11 is 0. The lowest BCUT2D eigenvalue weighted by Gasteiger charge is -2.37. The molecule has 3 heterocycles. The van der Waals surface area contributed by atoms with E-state index in [9.17, 15) is 8.42 Å². The van der Waals surface area contributed by atoms with E-state index in [2.05, 4.69) is 19.2 Å². The third-order valence-corrected chi connectivity index (χ3v) is 7.57. The van der Waals surface area contributed by atoms with Crippen molar-refractivity contribution in [3.63, 3.8) is 0 Å². The first-order valence-corrected chi connectivity index (χ1v) is 9.44. The van der Waals surface area contributed by atoms with Crippen molar-refractivity contribution in [3.05, 3.63) is 0 Å². The lowest BCUT2D eigenvalue weighted by atomic mass is 9.93. The van der Waals surface area contributed by atoms with Gasteiger partial charge in [-0.15, -0.1) is 0 Å². The van der Waals surface area contributed by atoms with E-state index in [0.29, 0.717) is 24.9 Å². The van der Waals surface area contributed by atoms with Gasteiger partial charge in [-0.3, -0.25) is 0 Å². The first kappa shape index (κ1) is 14.8. The summed E-state index contributed by atoms with van der Waals surface area (Å²) in [6, 6.07) is 0.346. The van der Waals surface area contributed by atoms with Crippen molar-refractivity contribution in [1.82, 2.24) is 13.9 Å². The summed E-state index contributed by atoms with van der Waals surface area (Å²) in [6.45, 7) is 7.53. The van der Waals surface area contributed by atoms with Crippen molar-refractivity contribution in [3.8, 4) is 0 Å². The van der Waals surface area contributed by atoms with Crippen LogP contribution < -0.4 is 5.32 Å². The lowest BCUT2D eigenvalue weighted by Crippen LogP contribution is -2.52. The number of nitrogens with zero attached hydrogens (tertiary/aromatic N) is 2. The van der Waals surface area contributed by atoms with Crippen LogP contribution in [0, 0.1) is 11.8 Å². The molecule has 6 heteroatoms. The zero-order valence-electron chi connectivity index (χ0n) is 12.6. The van der Waals surface area contributed by atoms with E-state index in [1.807, 2.05) is 4.31 Å². The predicted octanol–water partition coefficient (Wildman–Crippen LogP) is 1.04. The molecule has 20 heavy (non-hydrogen) atoms. The molecule has 3 aliphatic heterocycles. The molecule has 0 aromatic heterocycles. The summed E-state index contributed by atoms with van der Waals surface area (Å²) in [7, 11) is -3.28. The highest BCUT2D eigenvalue weighted by Gasteiger charge is 2.49. The molecule has 0 bridgehead atoms. The topological polar surface area (TPSA) is 52.7 Å². The average Bonchev–Trinajstić information content (AvgIpc) is 2.98. The highest BCUT2D eigenvalue weighted by Crippen LogP contribution is 2.37. The molecule has 3 fully saturated rings. The van der Waals surface area contributed by atoms with Gasteiger partial charge < -0.3 is 5.32 Å². The van der Waals surface area contributed by atoms with Gasteiger partial charge in [0, 0.05) is 25.2 Å². The maximum Gasteiger partial charge on any atom is 0.282 e. The molecule has 0 aliphatic carbocycles. The van der Waals surface area contributed by atoms with E-state index in [1.165, 1.54) is 0 Å². The Morgan fingerprint density at radius 2 is 2.00 bits per heavy atom. The molecule has 0 aromatic carbocycles. The van der Waals surface area contributed by atoms with Crippen LogP contribution in [0.25, 0.3) is 0 Å². The van der Waals surface area contributed by atoms with Crippen LogP contribution in [0.3, 0.4) is 0 Å². The van der Waals surface area contributed by atoms with E-state index >= 15 is 0 Å². The zero-order valence-corrected chi connectivity index (χ0v) is 13.4. The fourth-order valence-electron chi connectivity index (χ4n) is 4.30.